The molecule has 0 fully saturated rings. The summed E-state index contributed by atoms with van der Waals surface area (Å²) in [6, 6.07) is 68.3. The fourth-order valence-corrected chi connectivity index (χ4v) is 10.2. The van der Waals surface area contributed by atoms with Gasteiger partial charge in [0.05, 0.1) is 16.4 Å². The second-order valence-corrected chi connectivity index (χ2v) is 14.3. The van der Waals surface area contributed by atoms with Crippen LogP contribution in [0.1, 0.15) is 22.3 Å². The van der Waals surface area contributed by atoms with E-state index in [2.05, 4.69) is 187 Å². The third kappa shape index (κ3) is 3.38. The van der Waals surface area contributed by atoms with E-state index in [1.54, 1.807) is 0 Å². The van der Waals surface area contributed by atoms with Crippen molar-refractivity contribution in [2.45, 2.75) is 5.41 Å². The Hall–Kier alpha value is -6.38. The molecule has 0 N–H and O–H groups in total. The molecule has 1 spiro atoms. The second kappa shape index (κ2) is 9.87. The lowest BCUT2D eigenvalue weighted by molar-refractivity contribution is 0.775. The van der Waals surface area contributed by atoms with Crippen LogP contribution in [0, 0.1) is 0 Å². The van der Waals surface area contributed by atoms with E-state index in [1.807, 2.05) is 0 Å². The van der Waals surface area contributed by atoms with E-state index in [9.17, 15) is 0 Å². The lowest BCUT2D eigenvalue weighted by Crippen LogP contribution is -2.59. The van der Waals surface area contributed by atoms with Gasteiger partial charge in [-0.15, -0.1) is 0 Å². The molecule has 3 heterocycles. The molecule has 0 saturated heterocycles. The molecule has 9 aromatic rings. The second-order valence-electron chi connectivity index (χ2n) is 14.3. The Morgan fingerprint density at radius 3 is 1.63 bits per heavy atom. The molecule has 51 heavy (non-hydrogen) atoms. The van der Waals surface area contributed by atoms with Crippen molar-refractivity contribution in [3.63, 3.8) is 0 Å². The van der Waals surface area contributed by atoms with Gasteiger partial charge in [0, 0.05) is 16.5 Å². The topological polar surface area (TPSA) is 4.93 Å². The summed E-state index contributed by atoms with van der Waals surface area (Å²) in [4.78, 5) is 0. The van der Waals surface area contributed by atoms with Gasteiger partial charge in [-0.25, -0.2) is 0 Å². The van der Waals surface area contributed by atoms with Gasteiger partial charge in [0.25, 0.3) is 0 Å². The molecule has 3 aliphatic rings. The Morgan fingerprint density at radius 1 is 0.373 bits per heavy atom. The summed E-state index contributed by atoms with van der Waals surface area (Å²) in [6.45, 7) is 0.185. The minimum Gasteiger partial charge on any atom is -0.309 e. The van der Waals surface area contributed by atoms with Crippen LogP contribution in [-0.4, -0.2) is 11.3 Å². The number of hydrogen-bond acceptors (Lipinski definition) is 0. The summed E-state index contributed by atoms with van der Waals surface area (Å²) in [5, 5.41) is 2.57. The van der Waals surface area contributed by atoms with Crippen molar-refractivity contribution in [1.82, 2.24) is 4.57 Å². The zero-order valence-electron chi connectivity index (χ0n) is 27.8. The van der Waals surface area contributed by atoms with Crippen molar-refractivity contribution in [2.24, 2.45) is 0 Å². The average Bonchev–Trinajstić information content (AvgIpc) is 3.82. The van der Waals surface area contributed by atoms with Gasteiger partial charge in [0.15, 0.2) is 0 Å². The number of hydrogen-bond donors (Lipinski definition) is 0. The van der Waals surface area contributed by atoms with Gasteiger partial charge in [0.2, 0.25) is 6.71 Å². The molecule has 0 atom stereocenters. The highest BCUT2D eigenvalue weighted by Crippen LogP contribution is 2.57. The third-order valence-corrected chi connectivity index (χ3v) is 12.1. The van der Waals surface area contributed by atoms with E-state index in [1.165, 1.54) is 99.5 Å². The summed E-state index contributed by atoms with van der Waals surface area (Å²) >= 11 is 0. The molecule has 0 amide bonds. The predicted molar refractivity (Wildman–Crippen MR) is 214 cm³/mol. The van der Waals surface area contributed by atoms with Crippen LogP contribution in [0.3, 0.4) is 0 Å². The summed E-state index contributed by atoms with van der Waals surface area (Å²) in [6.07, 6.45) is 0. The van der Waals surface area contributed by atoms with Crippen LogP contribution in [0.15, 0.2) is 182 Å². The van der Waals surface area contributed by atoms with Gasteiger partial charge in [0.1, 0.15) is 0 Å². The molecule has 12 rings (SSSR count). The van der Waals surface area contributed by atoms with Crippen LogP contribution in [0.25, 0.3) is 60.9 Å². The molecule has 8 aromatic carbocycles. The van der Waals surface area contributed by atoms with Gasteiger partial charge >= 0.3 is 0 Å². The largest absolute Gasteiger partial charge is 0.309 e. The Balaban J connectivity index is 1.03. The van der Waals surface area contributed by atoms with Crippen LogP contribution >= 0.6 is 0 Å². The van der Waals surface area contributed by atoms with Crippen molar-refractivity contribution >= 4 is 44.9 Å². The molecule has 1 aromatic heterocycles. The predicted octanol–water partition coefficient (Wildman–Crippen LogP) is 9.62. The number of nitrogens with zero attached hydrogens (tertiary/aromatic N) is 1. The first kappa shape index (κ1) is 27.4. The van der Waals surface area contributed by atoms with E-state index < -0.39 is 0 Å². The highest BCUT2D eigenvalue weighted by molar-refractivity contribution is 7.00. The maximum Gasteiger partial charge on any atom is 0.243 e. The summed E-state index contributed by atoms with van der Waals surface area (Å²) in [5.74, 6) is 0. The minimum atomic E-state index is -0.348. The van der Waals surface area contributed by atoms with Gasteiger partial charge in [-0.1, -0.05) is 174 Å². The molecular formula is C49H30BN. The summed E-state index contributed by atoms with van der Waals surface area (Å²) < 4.78 is 2.39. The van der Waals surface area contributed by atoms with Crippen LogP contribution < -0.4 is 16.4 Å². The maximum absolute atomic E-state index is 2.48. The Kier molecular flexibility index (Phi) is 5.31. The normalized spacial score (nSPS) is 14.0. The van der Waals surface area contributed by atoms with Crippen LogP contribution in [0.4, 0.5) is 0 Å². The zero-order chi connectivity index (χ0) is 33.3. The number of fused-ring (bicyclic) bond motifs is 15. The Labute approximate surface area is 297 Å². The highest BCUT2D eigenvalue weighted by atomic mass is 15.0. The molecule has 2 heteroatoms. The molecule has 0 bridgehead atoms. The van der Waals surface area contributed by atoms with E-state index in [0.717, 1.165) is 0 Å². The number of para-hydroxylation sites is 2. The fourth-order valence-electron chi connectivity index (χ4n) is 10.2. The van der Waals surface area contributed by atoms with Gasteiger partial charge in [-0.2, -0.15) is 0 Å². The van der Waals surface area contributed by atoms with Gasteiger partial charge in [-0.05, 0) is 79.9 Å². The third-order valence-electron chi connectivity index (χ3n) is 12.1. The molecule has 1 nitrogen and oxygen atoms in total. The number of aromatic nitrogens is 1. The van der Waals surface area contributed by atoms with Crippen molar-refractivity contribution < 1.29 is 0 Å². The standard InChI is InChI=1S/C49H30BN/c1-5-17-40-34(12-1)35-13-2-6-18-41(35)49(40)42-19-7-8-21-44(42)50-45-30-32(26-29-36(45)39-16-11-20-43(49)48(39)50)31-24-27-33(28-25-31)51-46-22-9-3-14-37(46)38-15-4-10-23-47(38)51/h1-30H. The first-order chi connectivity index (χ1) is 25.3. The van der Waals surface area contributed by atoms with Gasteiger partial charge in [-0.3, -0.25) is 0 Å². The van der Waals surface area contributed by atoms with E-state index in [4.69, 9.17) is 0 Å². The molecule has 0 saturated carbocycles. The van der Waals surface area contributed by atoms with E-state index in [0.29, 0.717) is 0 Å². The van der Waals surface area contributed by atoms with Crippen molar-refractivity contribution in [2.75, 3.05) is 0 Å². The van der Waals surface area contributed by atoms with Crippen molar-refractivity contribution in [3.05, 3.63) is 204 Å². The molecule has 0 radical (unpaired) electrons. The van der Waals surface area contributed by atoms with E-state index >= 15 is 0 Å². The van der Waals surface area contributed by atoms with Crippen LogP contribution in [0.5, 0.6) is 0 Å². The number of benzene rings is 8. The van der Waals surface area contributed by atoms with E-state index in [-0.39, 0.29) is 12.1 Å². The average molecular weight is 644 g/mol. The molecular weight excluding hydrogens is 613 g/mol. The SMILES string of the molecule is c1ccc2c(c1)B1c3cc(-c4ccc(-n5c6ccccc6c6ccccc65)cc4)ccc3-c3cccc(c31)C21c2ccccc2-c2ccccc21. The molecule has 1 aliphatic carbocycles. The summed E-state index contributed by atoms with van der Waals surface area (Å²) in [7, 11) is 0. The lowest BCUT2D eigenvalue weighted by Gasteiger charge is -2.42. The maximum atomic E-state index is 2.48. The lowest BCUT2D eigenvalue weighted by atomic mass is 9.32. The molecule has 0 unspecified atom stereocenters. The molecule has 234 valence electrons. The van der Waals surface area contributed by atoms with Crippen molar-refractivity contribution in [1.29, 1.82) is 0 Å². The smallest absolute Gasteiger partial charge is 0.243 e. The Bertz CT molecular complexity index is 2830. The van der Waals surface area contributed by atoms with Crippen LogP contribution in [0.2, 0.25) is 0 Å². The fraction of sp³-hybridized carbons (Fsp3) is 0.0204. The molecule has 2 aliphatic heterocycles. The zero-order valence-corrected chi connectivity index (χ0v) is 27.8. The van der Waals surface area contributed by atoms with Crippen LogP contribution in [-0.2, 0) is 5.41 Å². The van der Waals surface area contributed by atoms with Gasteiger partial charge < -0.3 is 4.57 Å². The first-order valence-corrected chi connectivity index (χ1v) is 18.0. The monoisotopic (exact) mass is 643 g/mol. The van der Waals surface area contributed by atoms with Crippen molar-refractivity contribution in [3.8, 4) is 39.1 Å². The Morgan fingerprint density at radius 2 is 0.922 bits per heavy atom. The quantitative estimate of drug-likeness (QED) is 0.165. The first-order valence-electron chi connectivity index (χ1n) is 18.0. The number of rotatable bonds is 2. The minimum absolute atomic E-state index is 0.185. The highest BCUT2D eigenvalue weighted by Gasteiger charge is 2.54. The summed E-state index contributed by atoms with van der Waals surface area (Å²) in [5.41, 5.74) is 21.1.